The molecular formula is C22H20ClN5O3. The van der Waals surface area contributed by atoms with Gasteiger partial charge in [-0.3, -0.25) is 9.59 Å². The van der Waals surface area contributed by atoms with Gasteiger partial charge in [-0.25, -0.2) is 9.67 Å². The van der Waals surface area contributed by atoms with Crippen molar-refractivity contribution in [1.82, 2.24) is 24.6 Å². The third-order valence-electron chi connectivity index (χ3n) is 4.76. The van der Waals surface area contributed by atoms with E-state index in [0.717, 1.165) is 5.69 Å². The third-order valence-corrected chi connectivity index (χ3v) is 4.99. The summed E-state index contributed by atoms with van der Waals surface area (Å²) in [5, 5.41) is 15.5. The molecule has 0 aliphatic heterocycles. The second-order valence-corrected chi connectivity index (χ2v) is 7.48. The van der Waals surface area contributed by atoms with Gasteiger partial charge in [-0.1, -0.05) is 36.7 Å². The van der Waals surface area contributed by atoms with Crippen molar-refractivity contribution in [3.8, 4) is 11.4 Å². The number of aromatic amines is 1. The van der Waals surface area contributed by atoms with E-state index in [1.165, 1.54) is 15.8 Å². The molecule has 1 amide bonds. The van der Waals surface area contributed by atoms with Crippen LogP contribution in [0.2, 0.25) is 5.02 Å². The standard InChI is InChI=1S/C22H20ClN5O3/c1-2-10-27(13-19-24-17-11-14(23)8-9-16(17)21(30)25-19)22(31)20-18(29)12-28(26-20)15-6-4-3-5-7-15/h3-9,11-12,29H,2,10,13H2,1H3,(H,24,25,30). The number of rotatable bonds is 6. The molecule has 2 heterocycles. The van der Waals surface area contributed by atoms with Crippen LogP contribution in [-0.4, -0.2) is 42.2 Å². The van der Waals surface area contributed by atoms with Gasteiger partial charge in [0.1, 0.15) is 5.82 Å². The Hall–Kier alpha value is -3.65. The second-order valence-electron chi connectivity index (χ2n) is 7.04. The number of H-pyrrole nitrogens is 1. The van der Waals surface area contributed by atoms with Crippen molar-refractivity contribution in [1.29, 1.82) is 0 Å². The molecule has 2 aromatic carbocycles. The number of halogens is 1. The van der Waals surface area contributed by atoms with Crippen LogP contribution >= 0.6 is 11.6 Å². The summed E-state index contributed by atoms with van der Waals surface area (Å²) < 4.78 is 1.45. The number of aromatic hydroxyl groups is 1. The molecule has 4 rings (SSSR count). The summed E-state index contributed by atoms with van der Waals surface area (Å²) in [7, 11) is 0. The molecule has 0 aliphatic rings. The average molecular weight is 438 g/mol. The normalized spacial score (nSPS) is 11.0. The molecule has 0 atom stereocenters. The first-order valence-electron chi connectivity index (χ1n) is 9.78. The Balaban J connectivity index is 1.65. The molecule has 31 heavy (non-hydrogen) atoms. The molecular weight excluding hydrogens is 418 g/mol. The highest BCUT2D eigenvalue weighted by Crippen LogP contribution is 2.21. The van der Waals surface area contributed by atoms with E-state index in [-0.39, 0.29) is 23.5 Å². The van der Waals surface area contributed by atoms with Crippen LogP contribution in [0.15, 0.2) is 59.5 Å². The van der Waals surface area contributed by atoms with Crippen LogP contribution in [-0.2, 0) is 6.54 Å². The maximum Gasteiger partial charge on any atom is 0.278 e. The Morgan fingerprint density at radius 2 is 2.00 bits per heavy atom. The lowest BCUT2D eigenvalue weighted by molar-refractivity contribution is 0.0729. The number of carbonyl (C=O) groups excluding carboxylic acids is 1. The second kappa shape index (κ2) is 8.61. The van der Waals surface area contributed by atoms with Crippen molar-refractivity contribution in [3.05, 3.63) is 81.6 Å². The number of benzene rings is 2. The number of fused-ring (bicyclic) bond motifs is 1. The molecule has 2 N–H and O–H groups in total. The number of aromatic nitrogens is 4. The SMILES string of the molecule is CCCN(Cc1nc2cc(Cl)ccc2c(=O)[nH]1)C(=O)c1nn(-c2ccccc2)cc1O. The smallest absolute Gasteiger partial charge is 0.278 e. The summed E-state index contributed by atoms with van der Waals surface area (Å²) >= 11 is 6.02. The molecule has 8 nitrogen and oxygen atoms in total. The van der Waals surface area contributed by atoms with Crippen molar-refractivity contribution < 1.29 is 9.90 Å². The van der Waals surface area contributed by atoms with E-state index in [1.54, 1.807) is 18.2 Å². The van der Waals surface area contributed by atoms with Crippen LogP contribution in [0.1, 0.15) is 29.7 Å². The number of para-hydroxylation sites is 1. The van der Waals surface area contributed by atoms with Crippen LogP contribution < -0.4 is 5.56 Å². The number of nitrogens with zero attached hydrogens (tertiary/aromatic N) is 4. The minimum Gasteiger partial charge on any atom is -0.504 e. The van der Waals surface area contributed by atoms with Crippen LogP contribution in [0.3, 0.4) is 0 Å². The quantitative estimate of drug-likeness (QED) is 0.480. The predicted molar refractivity (Wildman–Crippen MR) is 118 cm³/mol. The van der Waals surface area contributed by atoms with Gasteiger partial charge >= 0.3 is 0 Å². The van der Waals surface area contributed by atoms with E-state index in [4.69, 9.17) is 11.6 Å². The highest BCUT2D eigenvalue weighted by molar-refractivity contribution is 6.31. The first-order chi connectivity index (χ1) is 15.0. The monoisotopic (exact) mass is 437 g/mol. The molecule has 0 fully saturated rings. The van der Waals surface area contributed by atoms with Crippen molar-refractivity contribution in [2.45, 2.75) is 19.9 Å². The fourth-order valence-corrected chi connectivity index (χ4v) is 3.49. The van der Waals surface area contributed by atoms with Crippen molar-refractivity contribution in [3.63, 3.8) is 0 Å². The Bertz CT molecular complexity index is 1300. The van der Waals surface area contributed by atoms with Crippen LogP contribution in [0.4, 0.5) is 0 Å². The van der Waals surface area contributed by atoms with Gasteiger partial charge in [0.15, 0.2) is 11.4 Å². The van der Waals surface area contributed by atoms with Crippen LogP contribution in [0, 0.1) is 0 Å². The number of amides is 1. The molecule has 158 valence electrons. The predicted octanol–water partition coefficient (Wildman–Crippen LogP) is 3.52. The first-order valence-corrected chi connectivity index (χ1v) is 10.2. The fourth-order valence-electron chi connectivity index (χ4n) is 3.32. The molecule has 0 saturated heterocycles. The Morgan fingerprint density at radius 3 is 2.74 bits per heavy atom. The lowest BCUT2D eigenvalue weighted by Gasteiger charge is -2.20. The summed E-state index contributed by atoms with van der Waals surface area (Å²) in [6.45, 7) is 2.38. The molecule has 0 saturated carbocycles. The van der Waals surface area contributed by atoms with Gasteiger partial charge in [0.05, 0.1) is 29.3 Å². The molecule has 0 radical (unpaired) electrons. The minimum atomic E-state index is -0.456. The van der Waals surface area contributed by atoms with Gasteiger partial charge in [0, 0.05) is 11.6 Å². The van der Waals surface area contributed by atoms with Gasteiger partial charge in [-0.2, -0.15) is 5.10 Å². The van der Waals surface area contributed by atoms with E-state index >= 15 is 0 Å². The Morgan fingerprint density at radius 1 is 1.23 bits per heavy atom. The number of hydrogen-bond donors (Lipinski definition) is 2. The Kier molecular flexibility index (Phi) is 5.73. The molecule has 0 spiro atoms. The van der Waals surface area contributed by atoms with Crippen LogP contribution in [0.5, 0.6) is 5.75 Å². The average Bonchev–Trinajstić information content (AvgIpc) is 3.15. The van der Waals surface area contributed by atoms with E-state index in [1.807, 2.05) is 37.3 Å². The zero-order valence-electron chi connectivity index (χ0n) is 16.7. The number of carbonyl (C=O) groups is 1. The first kappa shape index (κ1) is 20.6. The zero-order valence-corrected chi connectivity index (χ0v) is 17.5. The van der Waals surface area contributed by atoms with E-state index < -0.39 is 5.91 Å². The summed E-state index contributed by atoms with van der Waals surface area (Å²) in [5.74, 6) is -0.354. The molecule has 0 unspecified atom stereocenters. The molecule has 4 aromatic rings. The summed E-state index contributed by atoms with van der Waals surface area (Å²) in [4.78, 5) is 34.2. The topological polar surface area (TPSA) is 104 Å². The maximum atomic E-state index is 13.2. The Labute approximate surface area is 182 Å². The van der Waals surface area contributed by atoms with Gasteiger partial charge in [-0.05, 0) is 36.8 Å². The fraction of sp³-hybridized carbons (Fsp3) is 0.182. The van der Waals surface area contributed by atoms with Crippen molar-refractivity contribution in [2.75, 3.05) is 6.54 Å². The lowest BCUT2D eigenvalue weighted by atomic mass is 10.2. The van der Waals surface area contributed by atoms with Crippen LogP contribution in [0.25, 0.3) is 16.6 Å². The third kappa shape index (κ3) is 4.29. The number of nitrogens with one attached hydrogen (secondary N) is 1. The molecule has 0 bridgehead atoms. The zero-order chi connectivity index (χ0) is 22.0. The molecule has 0 aliphatic carbocycles. The largest absolute Gasteiger partial charge is 0.504 e. The summed E-state index contributed by atoms with van der Waals surface area (Å²) in [6, 6.07) is 14.0. The minimum absolute atomic E-state index is 0.0575. The lowest BCUT2D eigenvalue weighted by Crippen LogP contribution is -2.33. The highest BCUT2D eigenvalue weighted by Gasteiger charge is 2.24. The van der Waals surface area contributed by atoms with Crippen molar-refractivity contribution >= 4 is 28.4 Å². The maximum absolute atomic E-state index is 13.2. The van der Waals surface area contributed by atoms with E-state index in [9.17, 15) is 14.7 Å². The van der Waals surface area contributed by atoms with Gasteiger partial charge in [0.25, 0.3) is 11.5 Å². The van der Waals surface area contributed by atoms with Gasteiger partial charge in [-0.15, -0.1) is 0 Å². The molecule has 2 aromatic heterocycles. The highest BCUT2D eigenvalue weighted by atomic mass is 35.5. The van der Waals surface area contributed by atoms with E-state index in [0.29, 0.717) is 34.7 Å². The van der Waals surface area contributed by atoms with E-state index in [2.05, 4.69) is 15.1 Å². The van der Waals surface area contributed by atoms with Gasteiger partial charge in [0.2, 0.25) is 0 Å². The van der Waals surface area contributed by atoms with Gasteiger partial charge < -0.3 is 15.0 Å². The summed E-state index contributed by atoms with van der Waals surface area (Å²) in [6.07, 6.45) is 2.07. The molecule has 9 heteroatoms. The van der Waals surface area contributed by atoms with Crippen molar-refractivity contribution in [2.24, 2.45) is 0 Å². The number of hydrogen-bond acceptors (Lipinski definition) is 5. The summed E-state index contributed by atoms with van der Waals surface area (Å²) in [5.41, 5.74) is 0.794.